The Kier molecular flexibility index (Phi) is 3.40. The molecule has 0 unspecified atom stereocenters. The van der Waals surface area contributed by atoms with E-state index in [-0.39, 0.29) is 17.1 Å². The maximum absolute atomic E-state index is 11.4. The molecule has 1 aromatic carbocycles. The van der Waals surface area contributed by atoms with Gasteiger partial charge < -0.3 is 5.32 Å². The highest BCUT2D eigenvalue weighted by Gasteiger charge is 2.35. The molecule has 1 heterocycles. The van der Waals surface area contributed by atoms with E-state index >= 15 is 0 Å². The van der Waals surface area contributed by atoms with Gasteiger partial charge in [0.25, 0.3) is 5.70 Å². The summed E-state index contributed by atoms with van der Waals surface area (Å²) in [7, 11) is -3.41. The number of nitro groups is 1. The number of nitrogens with one attached hydrogen (secondary N) is 1. The van der Waals surface area contributed by atoms with Crippen LogP contribution in [-0.2, 0) is 9.84 Å². The van der Waals surface area contributed by atoms with Gasteiger partial charge in [-0.25, -0.2) is 8.42 Å². The molecular formula is C10H9BrN2O4S. The van der Waals surface area contributed by atoms with E-state index in [9.17, 15) is 18.5 Å². The van der Waals surface area contributed by atoms with Crippen LogP contribution in [0.5, 0.6) is 0 Å². The Morgan fingerprint density at radius 3 is 2.39 bits per heavy atom. The van der Waals surface area contributed by atoms with E-state index in [1.165, 1.54) is 0 Å². The second kappa shape index (κ2) is 4.69. The minimum Gasteiger partial charge on any atom is -0.353 e. The van der Waals surface area contributed by atoms with Gasteiger partial charge in [-0.1, -0.05) is 15.9 Å². The number of sulfone groups is 1. The van der Waals surface area contributed by atoms with Crippen LogP contribution in [0.2, 0.25) is 0 Å². The quantitative estimate of drug-likeness (QED) is 0.673. The molecule has 96 valence electrons. The first-order valence-electron chi connectivity index (χ1n) is 4.97. The molecule has 8 heteroatoms. The fraction of sp³-hybridized carbons (Fsp3) is 0.200. The molecule has 0 saturated carbocycles. The summed E-state index contributed by atoms with van der Waals surface area (Å²) in [5, 5.41) is 13.6. The summed E-state index contributed by atoms with van der Waals surface area (Å²) in [6.45, 7) is 0. The Bertz CT molecular complexity index is 622. The van der Waals surface area contributed by atoms with Gasteiger partial charge in [-0.05, 0) is 24.3 Å². The lowest BCUT2D eigenvalue weighted by Gasteiger charge is -2.05. The monoisotopic (exact) mass is 332 g/mol. The second-order valence-electron chi connectivity index (χ2n) is 3.85. The van der Waals surface area contributed by atoms with Crippen molar-refractivity contribution in [3.8, 4) is 0 Å². The molecule has 0 saturated heterocycles. The number of hydrogen-bond acceptors (Lipinski definition) is 5. The lowest BCUT2D eigenvalue weighted by molar-refractivity contribution is -0.424. The molecule has 0 spiro atoms. The molecule has 0 radical (unpaired) electrons. The summed E-state index contributed by atoms with van der Waals surface area (Å²) in [6, 6.07) is 6.94. The van der Waals surface area contributed by atoms with Crippen molar-refractivity contribution in [2.45, 2.75) is 0 Å². The van der Waals surface area contributed by atoms with Crippen LogP contribution in [0.3, 0.4) is 0 Å². The van der Waals surface area contributed by atoms with Gasteiger partial charge in [-0.2, -0.15) is 0 Å². The van der Waals surface area contributed by atoms with Crippen LogP contribution in [0.1, 0.15) is 0 Å². The van der Waals surface area contributed by atoms with Crippen molar-refractivity contribution >= 4 is 31.5 Å². The lowest BCUT2D eigenvalue weighted by atomic mass is 10.3. The molecule has 1 aliphatic heterocycles. The van der Waals surface area contributed by atoms with Crippen molar-refractivity contribution in [1.29, 1.82) is 0 Å². The smallest absolute Gasteiger partial charge is 0.281 e. The van der Waals surface area contributed by atoms with E-state index in [2.05, 4.69) is 21.2 Å². The van der Waals surface area contributed by atoms with Crippen LogP contribution < -0.4 is 5.32 Å². The summed E-state index contributed by atoms with van der Waals surface area (Å²) < 4.78 is 23.7. The van der Waals surface area contributed by atoms with Crippen molar-refractivity contribution in [2.24, 2.45) is 0 Å². The fourth-order valence-electron chi connectivity index (χ4n) is 1.63. The van der Waals surface area contributed by atoms with Gasteiger partial charge in [0.05, 0.1) is 10.7 Å². The third-order valence-corrected chi connectivity index (χ3v) is 4.40. The zero-order valence-corrected chi connectivity index (χ0v) is 11.5. The van der Waals surface area contributed by atoms with E-state index < -0.39 is 20.5 Å². The van der Waals surface area contributed by atoms with E-state index in [4.69, 9.17) is 0 Å². The minimum absolute atomic E-state index is 0.141. The molecule has 18 heavy (non-hydrogen) atoms. The maximum atomic E-state index is 11.4. The molecule has 0 bridgehead atoms. The molecule has 6 nitrogen and oxygen atoms in total. The minimum atomic E-state index is -3.41. The first-order valence-corrected chi connectivity index (χ1v) is 7.58. The third kappa shape index (κ3) is 2.88. The molecule has 0 atom stereocenters. The highest BCUT2D eigenvalue weighted by molar-refractivity contribution is 9.10. The molecule has 0 fully saturated rings. The molecule has 1 N–H and O–H groups in total. The Labute approximate surface area is 112 Å². The van der Waals surface area contributed by atoms with Crippen molar-refractivity contribution < 1.29 is 13.3 Å². The number of anilines is 1. The van der Waals surface area contributed by atoms with E-state index in [1.54, 1.807) is 24.3 Å². The van der Waals surface area contributed by atoms with Crippen LogP contribution in [-0.4, -0.2) is 24.8 Å². The normalized spacial score (nSPS) is 17.8. The summed E-state index contributed by atoms with van der Waals surface area (Å²) >= 11 is 3.27. The van der Waals surface area contributed by atoms with Gasteiger partial charge in [0, 0.05) is 10.2 Å². The highest BCUT2D eigenvalue weighted by Crippen LogP contribution is 2.23. The Balaban J connectivity index is 2.28. The predicted molar refractivity (Wildman–Crippen MR) is 70.4 cm³/mol. The first-order chi connectivity index (χ1) is 8.37. The molecule has 1 aliphatic rings. The summed E-state index contributed by atoms with van der Waals surface area (Å²) in [6.07, 6.45) is 0. The third-order valence-electron chi connectivity index (χ3n) is 2.43. The van der Waals surface area contributed by atoms with Gasteiger partial charge in [0.15, 0.2) is 9.84 Å². The van der Waals surface area contributed by atoms with Crippen molar-refractivity contribution in [1.82, 2.24) is 0 Å². The first kappa shape index (κ1) is 13.0. The number of rotatable bonds is 3. The van der Waals surface area contributed by atoms with Crippen LogP contribution >= 0.6 is 15.9 Å². The van der Waals surface area contributed by atoms with E-state index in [0.717, 1.165) is 4.47 Å². The Morgan fingerprint density at radius 1 is 1.22 bits per heavy atom. The largest absolute Gasteiger partial charge is 0.353 e. The average molecular weight is 333 g/mol. The van der Waals surface area contributed by atoms with Crippen molar-refractivity contribution in [3.63, 3.8) is 0 Å². The zero-order valence-electron chi connectivity index (χ0n) is 9.09. The number of hydrogen-bond donors (Lipinski definition) is 1. The molecular weight excluding hydrogens is 324 g/mol. The lowest BCUT2D eigenvalue weighted by Crippen LogP contribution is -2.07. The second-order valence-corrected chi connectivity index (χ2v) is 6.83. The van der Waals surface area contributed by atoms with Gasteiger partial charge in [0.1, 0.15) is 11.4 Å². The number of halogens is 1. The van der Waals surface area contributed by atoms with Crippen LogP contribution in [0, 0.1) is 10.1 Å². The number of nitrogens with zero attached hydrogens (tertiary/aromatic N) is 1. The summed E-state index contributed by atoms with van der Waals surface area (Å²) in [5.74, 6) is -0.835. The Hall–Kier alpha value is -1.41. The fourth-order valence-corrected chi connectivity index (χ4v) is 3.37. The van der Waals surface area contributed by atoms with Crippen molar-refractivity contribution in [3.05, 3.63) is 50.2 Å². The predicted octanol–water partition coefficient (Wildman–Crippen LogP) is 1.78. The average Bonchev–Trinajstić information content (AvgIpc) is 2.57. The standard InChI is InChI=1S/C10H9BrN2O4S/c11-7-1-3-8(4-2-7)12-9-5-18(16,17)6-10(9)13(14)15/h1-4,12H,5-6H2. The summed E-state index contributed by atoms with van der Waals surface area (Å²) in [4.78, 5) is 10.1. The van der Waals surface area contributed by atoms with Gasteiger partial charge in [0.2, 0.25) is 0 Å². The van der Waals surface area contributed by atoms with E-state index in [1.807, 2.05) is 0 Å². The van der Waals surface area contributed by atoms with Crippen LogP contribution in [0.15, 0.2) is 40.1 Å². The maximum Gasteiger partial charge on any atom is 0.281 e. The van der Waals surface area contributed by atoms with Gasteiger partial charge >= 0.3 is 0 Å². The number of benzene rings is 1. The zero-order chi connectivity index (χ0) is 13.3. The van der Waals surface area contributed by atoms with Gasteiger partial charge in [-0.15, -0.1) is 0 Å². The molecule has 0 amide bonds. The van der Waals surface area contributed by atoms with Gasteiger partial charge in [-0.3, -0.25) is 10.1 Å². The topological polar surface area (TPSA) is 89.3 Å². The molecule has 0 aromatic heterocycles. The van der Waals surface area contributed by atoms with E-state index in [0.29, 0.717) is 5.69 Å². The van der Waals surface area contributed by atoms with Crippen LogP contribution in [0.25, 0.3) is 0 Å². The van der Waals surface area contributed by atoms with Crippen molar-refractivity contribution in [2.75, 3.05) is 16.8 Å². The molecule has 2 rings (SSSR count). The van der Waals surface area contributed by atoms with Crippen LogP contribution in [0.4, 0.5) is 5.69 Å². The highest BCUT2D eigenvalue weighted by atomic mass is 79.9. The SMILES string of the molecule is O=[N+]([O-])C1=C(Nc2ccc(Br)cc2)CS(=O)(=O)C1. The molecule has 0 aliphatic carbocycles. The summed E-state index contributed by atoms with van der Waals surface area (Å²) in [5.41, 5.74) is 0.477. The Morgan fingerprint density at radius 2 is 1.83 bits per heavy atom. The molecule has 1 aromatic rings.